The molecule has 1 unspecified atom stereocenters. The third-order valence-electron chi connectivity index (χ3n) is 4.40. The van der Waals surface area contributed by atoms with Gasteiger partial charge in [0.1, 0.15) is 10.7 Å². The number of carbonyl (C=O) groups excluding carboxylic acids is 1. The minimum atomic E-state index is -0.111. The highest BCUT2D eigenvalue weighted by molar-refractivity contribution is 7.11. The zero-order chi connectivity index (χ0) is 16.6. The van der Waals surface area contributed by atoms with Crippen LogP contribution in [0.15, 0.2) is 17.9 Å². The Labute approximate surface area is 141 Å². The van der Waals surface area contributed by atoms with Gasteiger partial charge in [-0.3, -0.25) is 4.79 Å². The smallest absolute Gasteiger partial charge is 0.265 e. The molecule has 23 heavy (non-hydrogen) atoms. The van der Waals surface area contributed by atoms with Crippen LogP contribution in [0, 0.1) is 0 Å². The molecule has 3 heterocycles. The number of aromatic nitrogens is 3. The summed E-state index contributed by atoms with van der Waals surface area (Å²) in [7, 11) is 2.02. The monoisotopic (exact) mass is 332 g/mol. The lowest BCUT2D eigenvalue weighted by Crippen LogP contribution is -2.40. The summed E-state index contributed by atoms with van der Waals surface area (Å²) in [5.41, 5.74) is 2.58. The molecular weight excluding hydrogens is 308 g/mol. The van der Waals surface area contributed by atoms with Crippen LogP contribution in [0.2, 0.25) is 0 Å². The fourth-order valence-electron chi connectivity index (χ4n) is 3.22. The van der Waals surface area contributed by atoms with E-state index < -0.39 is 0 Å². The van der Waals surface area contributed by atoms with Gasteiger partial charge in [0.15, 0.2) is 0 Å². The summed E-state index contributed by atoms with van der Waals surface area (Å²) in [6.07, 6.45) is 5.91. The second-order valence-corrected chi connectivity index (χ2v) is 8.12. The number of piperidine rings is 1. The minimum Gasteiger partial charge on any atom is -0.338 e. The molecule has 1 fully saturated rings. The average Bonchev–Trinajstić information content (AvgIpc) is 3.14. The summed E-state index contributed by atoms with van der Waals surface area (Å²) >= 11 is 1.46. The van der Waals surface area contributed by atoms with Crippen molar-refractivity contribution in [2.45, 2.75) is 44.9 Å². The topological polar surface area (TPSA) is 51.0 Å². The van der Waals surface area contributed by atoms with E-state index in [9.17, 15) is 4.79 Å². The third-order valence-corrected chi connectivity index (χ3v) is 5.22. The van der Waals surface area contributed by atoms with E-state index in [0.29, 0.717) is 5.92 Å². The number of imidazole rings is 1. The van der Waals surface area contributed by atoms with Crippen LogP contribution in [-0.2, 0) is 12.5 Å². The van der Waals surface area contributed by atoms with Gasteiger partial charge in [0.05, 0.1) is 11.2 Å². The lowest BCUT2D eigenvalue weighted by atomic mass is 9.90. The van der Waals surface area contributed by atoms with Crippen molar-refractivity contribution in [3.8, 4) is 0 Å². The van der Waals surface area contributed by atoms with Gasteiger partial charge in [0.25, 0.3) is 5.91 Å². The average molecular weight is 332 g/mol. The zero-order valence-corrected chi connectivity index (χ0v) is 15.1. The van der Waals surface area contributed by atoms with E-state index in [2.05, 4.69) is 35.3 Å². The van der Waals surface area contributed by atoms with Crippen LogP contribution in [0.3, 0.4) is 0 Å². The van der Waals surface area contributed by atoms with Gasteiger partial charge >= 0.3 is 0 Å². The molecule has 0 radical (unpaired) electrons. The van der Waals surface area contributed by atoms with Crippen molar-refractivity contribution in [1.82, 2.24) is 19.4 Å². The molecule has 2 aromatic heterocycles. The van der Waals surface area contributed by atoms with Crippen molar-refractivity contribution in [1.29, 1.82) is 0 Å². The Bertz CT molecular complexity index is 698. The number of hydrogen-bond acceptors (Lipinski definition) is 4. The number of aryl methyl sites for hydroxylation is 1. The Morgan fingerprint density at radius 3 is 2.78 bits per heavy atom. The first kappa shape index (κ1) is 16.2. The van der Waals surface area contributed by atoms with Gasteiger partial charge in [-0.25, -0.2) is 9.97 Å². The molecule has 1 aliphatic heterocycles. The molecule has 124 valence electrons. The largest absolute Gasteiger partial charge is 0.338 e. The van der Waals surface area contributed by atoms with Crippen LogP contribution >= 0.6 is 11.3 Å². The van der Waals surface area contributed by atoms with Crippen molar-refractivity contribution >= 4 is 17.2 Å². The molecule has 0 saturated carbocycles. The van der Waals surface area contributed by atoms with Crippen LogP contribution in [0.1, 0.15) is 60.7 Å². The molecule has 0 aromatic carbocycles. The van der Waals surface area contributed by atoms with Crippen molar-refractivity contribution < 1.29 is 4.79 Å². The van der Waals surface area contributed by atoms with Gasteiger partial charge in [-0.15, -0.1) is 11.3 Å². The fraction of sp³-hybridized carbons (Fsp3) is 0.588. The highest BCUT2D eigenvalue weighted by atomic mass is 32.1. The number of thiazole rings is 1. The second kappa shape index (κ2) is 6.07. The Morgan fingerprint density at radius 1 is 1.35 bits per heavy atom. The molecule has 0 aliphatic carbocycles. The van der Waals surface area contributed by atoms with Gasteiger partial charge in [-0.2, -0.15) is 0 Å². The molecule has 1 saturated heterocycles. The molecule has 5 nitrogen and oxygen atoms in total. The van der Waals surface area contributed by atoms with E-state index in [4.69, 9.17) is 0 Å². The van der Waals surface area contributed by atoms with Crippen molar-refractivity contribution in [2.24, 2.45) is 7.05 Å². The molecular formula is C17H24N4OS. The third kappa shape index (κ3) is 3.17. The summed E-state index contributed by atoms with van der Waals surface area (Å²) in [6.45, 7) is 7.87. The Hall–Kier alpha value is -1.69. The standard InChI is InChI=1S/C17H24N4OS/c1-17(2,3)14-13(23-11-19-14)16(22)21-8-5-6-12(10-21)15-18-7-9-20(15)4/h7,9,11-12H,5-6,8,10H2,1-4H3. The normalized spacial score (nSPS) is 19.1. The molecule has 1 atom stereocenters. The van der Waals surface area contributed by atoms with Crippen LogP contribution < -0.4 is 0 Å². The fourth-order valence-corrected chi connectivity index (χ4v) is 4.18. The second-order valence-electron chi connectivity index (χ2n) is 7.27. The van der Waals surface area contributed by atoms with Gasteiger partial charge in [0, 0.05) is 43.9 Å². The maximum Gasteiger partial charge on any atom is 0.265 e. The quantitative estimate of drug-likeness (QED) is 0.848. The summed E-state index contributed by atoms with van der Waals surface area (Å²) in [4.78, 5) is 24.7. The highest BCUT2D eigenvalue weighted by Crippen LogP contribution is 2.31. The van der Waals surface area contributed by atoms with Gasteiger partial charge in [-0.1, -0.05) is 20.8 Å². The number of amides is 1. The number of rotatable bonds is 2. The van der Waals surface area contributed by atoms with Crippen molar-refractivity contribution in [3.05, 3.63) is 34.3 Å². The Balaban J connectivity index is 1.81. The number of hydrogen-bond donors (Lipinski definition) is 0. The summed E-state index contributed by atoms with van der Waals surface area (Å²) in [5, 5.41) is 0. The molecule has 0 N–H and O–H groups in total. The minimum absolute atomic E-state index is 0.111. The maximum atomic E-state index is 13.0. The van der Waals surface area contributed by atoms with E-state index in [1.807, 2.05) is 24.3 Å². The summed E-state index contributed by atoms with van der Waals surface area (Å²) < 4.78 is 2.06. The summed E-state index contributed by atoms with van der Waals surface area (Å²) in [5.74, 6) is 1.51. The predicted molar refractivity (Wildman–Crippen MR) is 91.9 cm³/mol. The van der Waals surface area contributed by atoms with Gasteiger partial charge < -0.3 is 9.47 Å². The van der Waals surface area contributed by atoms with Crippen molar-refractivity contribution in [3.63, 3.8) is 0 Å². The van der Waals surface area contributed by atoms with Crippen LogP contribution in [0.4, 0.5) is 0 Å². The predicted octanol–water partition coefficient (Wildman–Crippen LogP) is 3.19. The van der Waals surface area contributed by atoms with E-state index >= 15 is 0 Å². The lowest BCUT2D eigenvalue weighted by molar-refractivity contribution is 0.0706. The molecule has 0 spiro atoms. The van der Waals surface area contributed by atoms with E-state index in [1.54, 1.807) is 5.51 Å². The maximum absolute atomic E-state index is 13.0. The Morgan fingerprint density at radius 2 is 2.13 bits per heavy atom. The Kier molecular flexibility index (Phi) is 4.27. The lowest BCUT2D eigenvalue weighted by Gasteiger charge is -2.32. The SMILES string of the molecule is Cn1ccnc1C1CCCN(C(=O)c2scnc2C(C)(C)C)C1. The summed E-state index contributed by atoms with van der Waals surface area (Å²) in [6, 6.07) is 0. The molecule has 1 aliphatic rings. The molecule has 2 aromatic rings. The van der Waals surface area contributed by atoms with Crippen LogP contribution in [0.25, 0.3) is 0 Å². The molecule has 3 rings (SSSR count). The molecule has 6 heteroatoms. The van der Waals surface area contributed by atoms with Crippen LogP contribution in [0.5, 0.6) is 0 Å². The van der Waals surface area contributed by atoms with Gasteiger partial charge in [0.2, 0.25) is 0 Å². The first-order valence-corrected chi connectivity index (χ1v) is 8.96. The molecule has 0 bridgehead atoms. The number of carbonyl (C=O) groups is 1. The van der Waals surface area contributed by atoms with Crippen molar-refractivity contribution in [2.75, 3.05) is 13.1 Å². The number of nitrogens with zero attached hydrogens (tertiary/aromatic N) is 4. The zero-order valence-electron chi connectivity index (χ0n) is 14.2. The number of likely N-dealkylation sites (tertiary alicyclic amines) is 1. The van der Waals surface area contributed by atoms with E-state index in [1.165, 1.54) is 11.3 Å². The first-order valence-electron chi connectivity index (χ1n) is 8.08. The van der Waals surface area contributed by atoms with Gasteiger partial charge in [-0.05, 0) is 12.8 Å². The first-order chi connectivity index (χ1) is 10.9. The van der Waals surface area contributed by atoms with E-state index in [-0.39, 0.29) is 11.3 Å². The highest BCUT2D eigenvalue weighted by Gasteiger charge is 2.31. The molecule has 1 amide bonds. The van der Waals surface area contributed by atoms with Crippen LogP contribution in [-0.4, -0.2) is 38.4 Å². The van der Waals surface area contributed by atoms with E-state index in [0.717, 1.165) is 42.3 Å².